The molecule has 0 atom stereocenters. The first-order valence-corrected chi connectivity index (χ1v) is 2.68. The minimum absolute atomic E-state index is 0. The third kappa shape index (κ3) is 73.8. The maximum absolute atomic E-state index is 7.33. The molecular formula is H9AlCaO4SiTa. The van der Waals surface area contributed by atoms with Crippen molar-refractivity contribution in [1.29, 1.82) is 0 Å². The average molecular weight is 349 g/mol. The molecule has 0 aromatic rings. The van der Waals surface area contributed by atoms with E-state index in [1.54, 1.807) is 0 Å². The van der Waals surface area contributed by atoms with Crippen LogP contribution < -0.4 is 0 Å². The third-order valence-corrected chi connectivity index (χ3v) is 0. The fourth-order valence-corrected chi connectivity index (χ4v) is 0. The van der Waals surface area contributed by atoms with Gasteiger partial charge in [0.2, 0.25) is 0 Å². The smallest absolute Gasteiger partial charge is 0 e. The van der Waals surface area contributed by atoms with Crippen molar-refractivity contribution in [3.8, 4) is 0 Å². The molecule has 0 aliphatic carbocycles. The predicted octanol–water partition coefficient (Wildman–Crippen LogP) is -4.71. The summed E-state index contributed by atoms with van der Waals surface area (Å²) in [5.41, 5.74) is 0. The summed E-state index contributed by atoms with van der Waals surface area (Å²) in [6, 6.07) is 0. The first-order chi connectivity index (χ1) is 2.00. The summed E-state index contributed by atoms with van der Waals surface area (Å²) >= 11 is 0. The van der Waals surface area contributed by atoms with E-state index in [2.05, 4.69) is 0 Å². The van der Waals surface area contributed by atoms with E-state index in [-0.39, 0.29) is 77.5 Å². The standard InChI is InChI=1S/Al.Ca.H4O4Si.Ta.5H/c;;1-5(2,3)4;;;;;;/h;;1-4H;;;;;;. The molecule has 0 bridgehead atoms. The molecule has 0 aliphatic rings. The molecule has 4 N–H and O–H groups in total. The van der Waals surface area contributed by atoms with Crippen LogP contribution in [0.4, 0.5) is 0 Å². The molecule has 8 heteroatoms. The number of rotatable bonds is 0. The molecular weight excluding hydrogens is 340 g/mol. The van der Waals surface area contributed by atoms with Crippen LogP contribution in [0.1, 0.15) is 0 Å². The molecule has 4 nitrogen and oxygen atoms in total. The van der Waals surface area contributed by atoms with Gasteiger partial charge < -0.3 is 19.2 Å². The van der Waals surface area contributed by atoms with Gasteiger partial charge in [0.25, 0.3) is 0 Å². The van der Waals surface area contributed by atoms with Crippen molar-refractivity contribution in [3.63, 3.8) is 0 Å². The maximum atomic E-state index is 7.33. The van der Waals surface area contributed by atoms with Crippen LogP contribution in [0.25, 0.3) is 0 Å². The zero-order valence-corrected chi connectivity index (χ0v) is 6.95. The van der Waals surface area contributed by atoms with Gasteiger partial charge >= 0.3 is 46.8 Å². The molecule has 0 rings (SSSR count). The third-order valence-electron chi connectivity index (χ3n) is 0. The summed E-state index contributed by atoms with van der Waals surface area (Å²) in [7, 11) is -4.61. The van der Waals surface area contributed by atoms with E-state index in [0.29, 0.717) is 0 Å². The Kier molecular flexibility index (Phi) is 26.9. The SMILES string of the molecule is O[Si](O)(O)O.[AlH3].[CaH2].[Ta]. The van der Waals surface area contributed by atoms with E-state index in [9.17, 15) is 0 Å². The van der Waals surface area contributed by atoms with E-state index in [1.807, 2.05) is 0 Å². The summed E-state index contributed by atoms with van der Waals surface area (Å²) in [4.78, 5) is 29.3. The second kappa shape index (κ2) is 9.59. The molecule has 0 aromatic carbocycles. The summed E-state index contributed by atoms with van der Waals surface area (Å²) in [6.07, 6.45) is 0. The molecule has 0 saturated heterocycles. The van der Waals surface area contributed by atoms with Gasteiger partial charge in [0.1, 0.15) is 0 Å². The Hall–Kier alpha value is 2.59. The normalized spacial score (nSPS) is 7.50. The Labute approximate surface area is 104 Å². The monoisotopic (exact) mass is 349 g/mol. The second-order valence-corrected chi connectivity index (χ2v) is 1.80. The van der Waals surface area contributed by atoms with Crippen LogP contribution in [-0.2, 0) is 22.4 Å². The van der Waals surface area contributed by atoms with Gasteiger partial charge in [-0.1, -0.05) is 0 Å². The molecule has 0 aliphatic heterocycles. The summed E-state index contributed by atoms with van der Waals surface area (Å²) < 4.78 is 0. The topological polar surface area (TPSA) is 80.9 Å². The van der Waals surface area contributed by atoms with Crippen LogP contribution in [0.2, 0.25) is 0 Å². The minimum atomic E-state index is -4.61. The summed E-state index contributed by atoms with van der Waals surface area (Å²) in [5.74, 6) is 0. The van der Waals surface area contributed by atoms with Gasteiger partial charge in [-0.3, -0.25) is 0 Å². The molecule has 0 saturated carbocycles. The van der Waals surface area contributed by atoms with Gasteiger partial charge in [0, 0.05) is 22.4 Å². The number of hydrogen-bond acceptors (Lipinski definition) is 4. The van der Waals surface area contributed by atoms with Crippen molar-refractivity contribution >= 4 is 64.1 Å². The second-order valence-electron chi connectivity index (χ2n) is 0.600. The van der Waals surface area contributed by atoms with Crippen molar-refractivity contribution in [2.24, 2.45) is 0 Å². The van der Waals surface area contributed by atoms with Gasteiger partial charge in [-0.2, -0.15) is 0 Å². The van der Waals surface area contributed by atoms with Crippen LogP contribution in [0.3, 0.4) is 0 Å². The molecule has 0 fully saturated rings. The molecule has 0 unspecified atom stereocenters. The zero-order valence-electron chi connectivity index (χ0n) is 2.74. The van der Waals surface area contributed by atoms with Crippen molar-refractivity contribution in [3.05, 3.63) is 0 Å². The van der Waals surface area contributed by atoms with Crippen molar-refractivity contribution in [1.82, 2.24) is 0 Å². The molecule has 47 valence electrons. The predicted molar refractivity (Wildman–Crippen MR) is 33.1 cm³/mol. The van der Waals surface area contributed by atoms with Crippen molar-refractivity contribution in [2.45, 2.75) is 0 Å². The van der Waals surface area contributed by atoms with Crippen LogP contribution in [-0.4, -0.2) is 83.3 Å². The molecule has 0 aromatic heterocycles. The summed E-state index contributed by atoms with van der Waals surface area (Å²) in [6.45, 7) is 0. The minimum Gasteiger partial charge on any atom is 0 e. The number of hydrogen-bond donors (Lipinski definition) is 4. The summed E-state index contributed by atoms with van der Waals surface area (Å²) in [5, 5.41) is 0. The van der Waals surface area contributed by atoms with Gasteiger partial charge in [-0.05, 0) is 0 Å². The van der Waals surface area contributed by atoms with E-state index < -0.39 is 9.05 Å². The first-order valence-electron chi connectivity index (χ1n) is 0.894. The largest absolute Gasteiger partial charge is 0 e. The Balaban J connectivity index is -0.0000000267. The first kappa shape index (κ1) is 22.4. The molecule has 0 spiro atoms. The van der Waals surface area contributed by atoms with Gasteiger partial charge in [0.15, 0.2) is 17.4 Å². The fourth-order valence-electron chi connectivity index (χ4n) is 0. The Morgan fingerprint density at radius 2 is 0.875 bits per heavy atom. The Morgan fingerprint density at radius 1 is 0.875 bits per heavy atom. The van der Waals surface area contributed by atoms with Gasteiger partial charge in [-0.25, -0.2) is 0 Å². The molecule has 1 radical (unpaired) electrons. The zero-order chi connectivity index (χ0) is 4.50. The fraction of sp³-hybridized carbons (Fsp3) is 0. The van der Waals surface area contributed by atoms with Crippen molar-refractivity contribution < 1.29 is 41.6 Å². The van der Waals surface area contributed by atoms with E-state index >= 15 is 0 Å². The van der Waals surface area contributed by atoms with Crippen LogP contribution in [0, 0.1) is 0 Å². The van der Waals surface area contributed by atoms with E-state index in [1.165, 1.54) is 0 Å². The van der Waals surface area contributed by atoms with E-state index in [0.717, 1.165) is 0 Å². The quantitative estimate of drug-likeness (QED) is 0.332. The molecule has 0 amide bonds. The van der Waals surface area contributed by atoms with Gasteiger partial charge in [-0.15, -0.1) is 0 Å². The van der Waals surface area contributed by atoms with Crippen LogP contribution in [0.15, 0.2) is 0 Å². The van der Waals surface area contributed by atoms with Crippen molar-refractivity contribution in [2.75, 3.05) is 0 Å². The van der Waals surface area contributed by atoms with E-state index in [4.69, 9.17) is 19.2 Å². The molecule has 0 heterocycles. The van der Waals surface area contributed by atoms with Crippen LogP contribution in [0.5, 0.6) is 0 Å². The Morgan fingerprint density at radius 3 is 0.875 bits per heavy atom. The van der Waals surface area contributed by atoms with Crippen LogP contribution >= 0.6 is 0 Å². The maximum Gasteiger partial charge on any atom is 0 e. The molecule has 8 heavy (non-hydrogen) atoms. The average Bonchev–Trinajstić information content (AvgIpc) is 0.722. The Bertz CT molecular complexity index is 31.5. The van der Waals surface area contributed by atoms with Gasteiger partial charge in [0.05, 0.1) is 0 Å².